The van der Waals surface area contributed by atoms with Gasteiger partial charge in [-0.25, -0.2) is 10.2 Å². The number of thioether (sulfide) groups is 1. The number of rotatable bonds is 8. The molecule has 0 atom stereocenters. The van der Waals surface area contributed by atoms with Crippen LogP contribution in [-0.4, -0.2) is 43.7 Å². The second kappa shape index (κ2) is 10.8. The molecule has 10 heteroatoms. The largest absolute Gasteiger partial charge is 0.478 e. The summed E-state index contributed by atoms with van der Waals surface area (Å²) in [5.74, 6) is -0.616. The lowest BCUT2D eigenvalue weighted by Crippen LogP contribution is -2.20. The third-order valence-corrected chi connectivity index (χ3v) is 5.82. The minimum atomic E-state index is -1.00. The minimum absolute atomic E-state index is 0.0653. The zero-order valence-electron chi connectivity index (χ0n) is 17.6. The van der Waals surface area contributed by atoms with E-state index in [1.54, 1.807) is 24.3 Å². The van der Waals surface area contributed by atoms with Crippen LogP contribution < -0.4 is 5.43 Å². The molecular formula is C24H18ClN5O3S. The topological polar surface area (TPSA) is 109 Å². The fourth-order valence-electron chi connectivity index (χ4n) is 3.01. The van der Waals surface area contributed by atoms with Crippen LogP contribution in [0.15, 0.2) is 89.1 Å². The number of hydrazone groups is 1. The van der Waals surface area contributed by atoms with Crippen molar-refractivity contribution in [3.63, 3.8) is 0 Å². The van der Waals surface area contributed by atoms with Gasteiger partial charge in [0.05, 0.1) is 17.5 Å². The molecule has 3 aromatic carbocycles. The number of carboxylic acids is 1. The number of aromatic nitrogens is 3. The lowest BCUT2D eigenvalue weighted by Gasteiger charge is -2.10. The first-order valence-corrected chi connectivity index (χ1v) is 11.4. The third kappa shape index (κ3) is 5.69. The van der Waals surface area contributed by atoms with E-state index in [0.29, 0.717) is 21.6 Å². The summed E-state index contributed by atoms with van der Waals surface area (Å²) >= 11 is 7.27. The van der Waals surface area contributed by atoms with Crippen molar-refractivity contribution in [2.24, 2.45) is 5.10 Å². The van der Waals surface area contributed by atoms with Crippen molar-refractivity contribution in [1.29, 1.82) is 0 Å². The van der Waals surface area contributed by atoms with E-state index in [1.807, 2.05) is 47.0 Å². The van der Waals surface area contributed by atoms with Crippen LogP contribution in [0, 0.1) is 0 Å². The first-order valence-electron chi connectivity index (χ1n) is 10.1. The molecule has 0 fully saturated rings. The van der Waals surface area contributed by atoms with E-state index in [4.69, 9.17) is 16.7 Å². The first kappa shape index (κ1) is 23.2. The average molecular weight is 492 g/mol. The predicted molar refractivity (Wildman–Crippen MR) is 132 cm³/mol. The molecule has 8 nitrogen and oxygen atoms in total. The number of carbonyl (C=O) groups is 2. The Kier molecular flexibility index (Phi) is 7.36. The molecule has 0 saturated heterocycles. The molecular weight excluding hydrogens is 474 g/mol. The summed E-state index contributed by atoms with van der Waals surface area (Å²) in [6, 6.07) is 23.1. The van der Waals surface area contributed by atoms with Gasteiger partial charge in [-0.1, -0.05) is 65.8 Å². The van der Waals surface area contributed by atoms with Gasteiger partial charge in [0.1, 0.15) is 0 Å². The fourth-order valence-corrected chi connectivity index (χ4v) is 3.88. The van der Waals surface area contributed by atoms with Gasteiger partial charge >= 0.3 is 5.97 Å². The van der Waals surface area contributed by atoms with Crippen molar-refractivity contribution in [3.8, 4) is 17.1 Å². The Labute approximate surface area is 204 Å². The van der Waals surface area contributed by atoms with Gasteiger partial charge in [-0.15, -0.1) is 10.2 Å². The number of amides is 1. The standard InChI is InChI=1S/C24H18ClN5O3S/c25-19-10-12-20(13-11-19)30-22(17-4-2-1-3-5-17)28-29-24(30)34-15-21(31)27-26-14-16-6-8-18(9-7-16)23(32)33/h1-14H,15H2,(H,27,31)(H,32,33)/b26-14+. The number of hydrogen-bond donors (Lipinski definition) is 2. The molecule has 34 heavy (non-hydrogen) atoms. The van der Waals surface area contributed by atoms with Crippen LogP contribution in [-0.2, 0) is 4.79 Å². The molecule has 1 heterocycles. The highest BCUT2D eigenvalue weighted by Crippen LogP contribution is 2.28. The highest BCUT2D eigenvalue weighted by molar-refractivity contribution is 7.99. The van der Waals surface area contributed by atoms with Crippen LogP contribution in [0.1, 0.15) is 15.9 Å². The van der Waals surface area contributed by atoms with Gasteiger partial charge in [-0.05, 0) is 42.0 Å². The molecule has 2 N–H and O–H groups in total. The smallest absolute Gasteiger partial charge is 0.335 e. The van der Waals surface area contributed by atoms with Crippen molar-refractivity contribution >= 4 is 41.5 Å². The van der Waals surface area contributed by atoms with Gasteiger partial charge in [0.15, 0.2) is 11.0 Å². The Morgan fingerprint density at radius 1 is 1.00 bits per heavy atom. The Morgan fingerprint density at radius 2 is 1.71 bits per heavy atom. The van der Waals surface area contributed by atoms with E-state index in [0.717, 1.165) is 11.3 Å². The number of carboxylic acid groups (broad SMARTS) is 1. The van der Waals surface area contributed by atoms with Crippen LogP contribution in [0.4, 0.5) is 0 Å². The molecule has 0 spiro atoms. The highest BCUT2D eigenvalue weighted by atomic mass is 35.5. The van der Waals surface area contributed by atoms with Gasteiger partial charge in [-0.3, -0.25) is 9.36 Å². The van der Waals surface area contributed by atoms with Crippen LogP contribution >= 0.6 is 23.4 Å². The normalized spacial score (nSPS) is 11.0. The zero-order valence-corrected chi connectivity index (χ0v) is 19.2. The van der Waals surface area contributed by atoms with Gasteiger partial charge in [0.25, 0.3) is 5.91 Å². The fraction of sp³-hybridized carbons (Fsp3) is 0.0417. The van der Waals surface area contributed by atoms with Gasteiger partial charge in [-0.2, -0.15) is 5.10 Å². The molecule has 0 unspecified atom stereocenters. The van der Waals surface area contributed by atoms with Crippen LogP contribution in [0.2, 0.25) is 5.02 Å². The van der Waals surface area contributed by atoms with Crippen molar-refractivity contribution < 1.29 is 14.7 Å². The predicted octanol–water partition coefficient (Wildman–Crippen LogP) is 4.53. The molecule has 4 rings (SSSR count). The summed E-state index contributed by atoms with van der Waals surface area (Å²) in [5, 5.41) is 22.7. The van der Waals surface area contributed by atoms with E-state index in [9.17, 15) is 9.59 Å². The molecule has 4 aromatic rings. The van der Waals surface area contributed by atoms with Crippen molar-refractivity contribution in [3.05, 3.63) is 95.0 Å². The number of hydrogen-bond acceptors (Lipinski definition) is 6. The van der Waals surface area contributed by atoms with E-state index in [2.05, 4.69) is 20.7 Å². The van der Waals surface area contributed by atoms with Gasteiger partial charge in [0, 0.05) is 16.3 Å². The summed E-state index contributed by atoms with van der Waals surface area (Å²) in [7, 11) is 0. The number of benzene rings is 3. The minimum Gasteiger partial charge on any atom is -0.478 e. The Balaban J connectivity index is 1.46. The van der Waals surface area contributed by atoms with Crippen molar-refractivity contribution in [2.45, 2.75) is 5.16 Å². The Bertz CT molecular complexity index is 1320. The number of nitrogens with zero attached hydrogens (tertiary/aromatic N) is 4. The number of aromatic carboxylic acids is 1. The SMILES string of the molecule is O=C(CSc1nnc(-c2ccccc2)n1-c1ccc(Cl)cc1)N/N=C/c1ccc(C(=O)O)cc1. The second-order valence-electron chi connectivity index (χ2n) is 6.99. The number of carbonyl (C=O) groups excluding carboxylic acids is 1. The summed E-state index contributed by atoms with van der Waals surface area (Å²) in [4.78, 5) is 23.2. The molecule has 0 aliphatic carbocycles. The highest BCUT2D eigenvalue weighted by Gasteiger charge is 2.17. The quantitative estimate of drug-likeness (QED) is 0.213. The molecule has 0 aliphatic rings. The lowest BCUT2D eigenvalue weighted by atomic mass is 10.1. The monoisotopic (exact) mass is 491 g/mol. The average Bonchev–Trinajstić information content (AvgIpc) is 3.28. The van der Waals surface area contributed by atoms with E-state index >= 15 is 0 Å². The number of nitrogens with one attached hydrogen (secondary N) is 1. The van der Waals surface area contributed by atoms with Crippen LogP contribution in [0.25, 0.3) is 17.1 Å². The summed E-state index contributed by atoms with van der Waals surface area (Å²) in [5.41, 5.74) is 5.01. The maximum Gasteiger partial charge on any atom is 0.335 e. The van der Waals surface area contributed by atoms with Gasteiger partial charge in [0.2, 0.25) is 0 Å². The third-order valence-electron chi connectivity index (χ3n) is 4.64. The zero-order chi connectivity index (χ0) is 23.9. The number of halogens is 1. The van der Waals surface area contributed by atoms with E-state index in [1.165, 1.54) is 30.1 Å². The maximum atomic E-state index is 12.3. The molecule has 0 bridgehead atoms. The Hall–Kier alpha value is -3.95. The molecule has 1 aromatic heterocycles. The first-order chi connectivity index (χ1) is 16.5. The molecule has 170 valence electrons. The summed E-state index contributed by atoms with van der Waals surface area (Å²) < 4.78 is 1.87. The molecule has 0 aliphatic heterocycles. The van der Waals surface area contributed by atoms with Crippen LogP contribution in [0.5, 0.6) is 0 Å². The van der Waals surface area contributed by atoms with Crippen LogP contribution in [0.3, 0.4) is 0 Å². The molecule has 1 amide bonds. The van der Waals surface area contributed by atoms with Crippen molar-refractivity contribution in [1.82, 2.24) is 20.2 Å². The van der Waals surface area contributed by atoms with Crippen molar-refractivity contribution in [2.75, 3.05) is 5.75 Å². The summed E-state index contributed by atoms with van der Waals surface area (Å²) in [6.07, 6.45) is 1.44. The second-order valence-corrected chi connectivity index (χ2v) is 8.37. The molecule has 0 saturated carbocycles. The van der Waals surface area contributed by atoms with E-state index < -0.39 is 5.97 Å². The summed E-state index contributed by atoms with van der Waals surface area (Å²) in [6.45, 7) is 0. The lowest BCUT2D eigenvalue weighted by molar-refractivity contribution is -0.118. The van der Waals surface area contributed by atoms with E-state index in [-0.39, 0.29) is 17.2 Å². The Morgan fingerprint density at radius 3 is 2.38 bits per heavy atom. The molecule has 0 radical (unpaired) electrons. The maximum absolute atomic E-state index is 12.3. The van der Waals surface area contributed by atoms with Gasteiger partial charge < -0.3 is 5.11 Å².